The average Bonchev–Trinajstić information content (AvgIpc) is 2.64. The van der Waals surface area contributed by atoms with Gasteiger partial charge in [0.25, 0.3) is 0 Å². The van der Waals surface area contributed by atoms with Gasteiger partial charge in [-0.1, -0.05) is 18.2 Å². The smallest absolute Gasteiger partial charge is 0.237 e. The van der Waals surface area contributed by atoms with Crippen LogP contribution >= 0.6 is 0 Å². The van der Waals surface area contributed by atoms with Crippen molar-refractivity contribution in [2.45, 2.75) is 19.4 Å². The summed E-state index contributed by atoms with van der Waals surface area (Å²) in [4.78, 5) is 16.7. The lowest BCUT2D eigenvalue weighted by Crippen LogP contribution is -2.54. The summed E-state index contributed by atoms with van der Waals surface area (Å²) in [7, 11) is 1.69. The molecule has 1 aliphatic rings. The maximum absolute atomic E-state index is 12.0. The molecule has 0 aromatic heterocycles. The molecule has 5 nitrogen and oxygen atoms in total. The van der Waals surface area contributed by atoms with E-state index in [1.807, 2.05) is 19.1 Å². The van der Waals surface area contributed by atoms with Crippen LogP contribution in [0.15, 0.2) is 36.9 Å². The second-order valence-corrected chi connectivity index (χ2v) is 6.19. The zero-order chi connectivity index (χ0) is 17.4. The van der Waals surface area contributed by atoms with E-state index in [0.717, 1.165) is 44.9 Å². The topological polar surface area (TPSA) is 44.8 Å². The SMILES string of the molecule is C=CCNC(=O)[C@@H](C)N1CCN(CCc2ccc(OC)cc2)CC1. The molecule has 0 aliphatic carbocycles. The first kappa shape index (κ1) is 18.5. The van der Waals surface area contributed by atoms with Crippen LogP contribution in [0.5, 0.6) is 5.75 Å². The van der Waals surface area contributed by atoms with Crippen molar-refractivity contribution in [2.24, 2.45) is 0 Å². The highest BCUT2D eigenvalue weighted by Crippen LogP contribution is 2.13. The van der Waals surface area contributed by atoms with Crippen LogP contribution < -0.4 is 10.1 Å². The Morgan fingerprint density at radius 3 is 2.54 bits per heavy atom. The van der Waals surface area contributed by atoms with Crippen LogP contribution in [0.3, 0.4) is 0 Å². The summed E-state index contributed by atoms with van der Waals surface area (Å²) in [6, 6.07) is 8.20. The summed E-state index contributed by atoms with van der Waals surface area (Å²) < 4.78 is 5.19. The van der Waals surface area contributed by atoms with E-state index in [9.17, 15) is 4.79 Å². The number of hydrogen-bond acceptors (Lipinski definition) is 4. The van der Waals surface area contributed by atoms with Gasteiger partial charge in [-0.2, -0.15) is 0 Å². The van der Waals surface area contributed by atoms with Gasteiger partial charge in [-0.05, 0) is 31.0 Å². The zero-order valence-corrected chi connectivity index (χ0v) is 14.8. The maximum atomic E-state index is 12.0. The lowest BCUT2D eigenvalue weighted by Gasteiger charge is -2.37. The number of piperazine rings is 1. The second-order valence-electron chi connectivity index (χ2n) is 6.19. The molecule has 2 rings (SSSR count). The highest BCUT2D eigenvalue weighted by atomic mass is 16.5. The summed E-state index contributed by atoms with van der Waals surface area (Å²) >= 11 is 0. The van der Waals surface area contributed by atoms with Gasteiger partial charge in [0.2, 0.25) is 5.91 Å². The Bertz CT molecular complexity index is 522. The molecule has 0 radical (unpaired) electrons. The minimum Gasteiger partial charge on any atom is -0.497 e. The van der Waals surface area contributed by atoms with Gasteiger partial charge in [0.05, 0.1) is 13.2 Å². The van der Waals surface area contributed by atoms with Crippen LogP contribution in [0.4, 0.5) is 0 Å². The van der Waals surface area contributed by atoms with Crippen LogP contribution in [-0.2, 0) is 11.2 Å². The van der Waals surface area contributed by atoms with Crippen molar-refractivity contribution >= 4 is 5.91 Å². The number of nitrogens with one attached hydrogen (secondary N) is 1. The highest BCUT2D eigenvalue weighted by molar-refractivity contribution is 5.81. The molecular formula is C19H29N3O2. The van der Waals surface area contributed by atoms with Crippen molar-refractivity contribution in [3.05, 3.63) is 42.5 Å². The first-order chi connectivity index (χ1) is 11.6. The van der Waals surface area contributed by atoms with Crippen molar-refractivity contribution < 1.29 is 9.53 Å². The lowest BCUT2D eigenvalue weighted by molar-refractivity contribution is -0.126. The lowest BCUT2D eigenvalue weighted by atomic mass is 10.1. The molecule has 1 aromatic carbocycles. The fourth-order valence-electron chi connectivity index (χ4n) is 2.94. The quantitative estimate of drug-likeness (QED) is 0.734. The predicted molar refractivity (Wildman–Crippen MR) is 97.4 cm³/mol. The van der Waals surface area contributed by atoms with Crippen LogP contribution in [0.1, 0.15) is 12.5 Å². The summed E-state index contributed by atoms with van der Waals surface area (Å²) in [5.74, 6) is 0.984. The number of amides is 1. The van der Waals surface area contributed by atoms with Crippen LogP contribution in [0.2, 0.25) is 0 Å². The van der Waals surface area contributed by atoms with E-state index in [2.05, 4.69) is 33.8 Å². The number of carbonyl (C=O) groups is 1. The highest BCUT2D eigenvalue weighted by Gasteiger charge is 2.24. The van der Waals surface area contributed by atoms with Gasteiger partial charge in [-0.15, -0.1) is 6.58 Å². The minimum atomic E-state index is -0.0753. The Labute approximate surface area is 145 Å². The molecule has 1 amide bonds. The predicted octanol–water partition coefficient (Wildman–Crippen LogP) is 1.55. The molecule has 132 valence electrons. The summed E-state index contributed by atoms with van der Waals surface area (Å²) in [5.41, 5.74) is 1.33. The number of hydrogen-bond donors (Lipinski definition) is 1. The molecule has 5 heteroatoms. The van der Waals surface area contributed by atoms with Gasteiger partial charge in [0, 0.05) is 39.3 Å². The molecule has 0 bridgehead atoms. The second kappa shape index (κ2) is 9.45. The maximum Gasteiger partial charge on any atom is 0.237 e. The van der Waals surface area contributed by atoms with E-state index in [-0.39, 0.29) is 11.9 Å². The number of ether oxygens (including phenoxy) is 1. The summed E-state index contributed by atoms with van der Waals surface area (Å²) in [6.07, 6.45) is 2.75. The van der Waals surface area contributed by atoms with E-state index in [1.54, 1.807) is 13.2 Å². The third-order valence-electron chi connectivity index (χ3n) is 4.63. The zero-order valence-electron chi connectivity index (χ0n) is 14.8. The van der Waals surface area contributed by atoms with Gasteiger partial charge in [-0.3, -0.25) is 9.69 Å². The van der Waals surface area contributed by atoms with Crippen molar-refractivity contribution in [2.75, 3.05) is 46.4 Å². The molecular weight excluding hydrogens is 302 g/mol. The molecule has 1 N–H and O–H groups in total. The number of methoxy groups -OCH3 is 1. The molecule has 0 spiro atoms. The van der Waals surface area contributed by atoms with Gasteiger partial charge < -0.3 is 15.0 Å². The molecule has 1 aromatic rings. The Kier molecular flexibility index (Phi) is 7.28. The summed E-state index contributed by atoms with van der Waals surface area (Å²) in [5, 5.41) is 2.87. The van der Waals surface area contributed by atoms with Gasteiger partial charge in [0.15, 0.2) is 0 Å². The number of rotatable bonds is 8. The van der Waals surface area contributed by atoms with E-state index in [0.29, 0.717) is 6.54 Å². The Morgan fingerprint density at radius 1 is 1.29 bits per heavy atom. The van der Waals surface area contributed by atoms with E-state index < -0.39 is 0 Å². The Morgan fingerprint density at radius 2 is 1.96 bits per heavy atom. The van der Waals surface area contributed by atoms with E-state index in [4.69, 9.17) is 4.74 Å². The summed E-state index contributed by atoms with van der Waals surface area (Å²) in [6.45, 7) is 11.1. The van der Waals surface area contributed by atoms with Gasteiger partial charge >= 0.3 is 0 Å². The molecule has 1 saturated heterocycles. The van der Waals surface area contributed by atoms with Crippen molar-refractivity contribution in [3.63, 3.8) is 0 Å². The first-order valence-corrected chi connectivity index (χ1v) is 8.62. The number of carbonyl (C=O) groups excluding carboxylic acids is 1. The molecule has 1 aliphatic heterocycles. The molecule has 1 atom stereocenters. The Hall–Kier alpha value is -1.85. The van der Waals surface area contributed by atoms with Crippen LogP contribution in [0.25, 0.3) is 0 Å². The normalized spacial score (nSPS) is 17.2. The van der Waals surface area contributed by atoms with Crippen molar-refractivity contribution in [3.8, 4) is 5.75 Å². The molecule has 24 heavy (non-hydrogen) atoms. The van der Waals surface area contributed by atoms with Crippen molar-refractivity contribution in [1.82, 2.24) is 15.1 Å². The van der Waals surface area contributed by atoms with E-state index in [1.165, 1.54) is 5.56 Å². The number of benzene rings is 1. The third-order valence-corrected chi connectivity index (χ3v) is 4.63. The first-order valence-electron chi connectivity index (χ1n) is 8.62. The fourth-order valence-corrected chi connectivity index (χ4v) is 2.94. The largest absolute Gasteiger partial charge is 0.497 e. The molecule has 0 saturated carbocycles. The molecule has 0 unspecified atom stereocenters. The number of nitrogens with zero attached hydrogens (tertiary/aromatic N) is 2. The minimum absolute atomic E-state index is 0.0753. The average molecular weight is 331 g/mol. The standard InChI is InChI=1S/C19H29N3O2/c1-4-10-20-19(23)16(2)22-14-12-21(13-15-22)11-9-17-5-7-18(24-3)8-6-17/h4-8,16H,1,9-15H2,2-3H3,(H,20,23)/t16-/m1/s1. The van der Waals surface area contributed by atoms with Crippen LogP contribution in [-0.4, -0.2) is 68.1 Å². The molecule has 1 heterocycles. The Balaban J connectivity index is 1.72. The molecule has 1 fully saturated rings. The van der Waals surface area contributed by atoms with Gasteiger partial charge in [-0.25, -0.2) is 0 Å². The van der Waals surface area contributed by atoms with Crippen molar-refractivity contribution in [1.29, 1.82) is 0 Å². The fraction of sp³-hybridized carbons (Fsp3) is 0.526. The monoisotopic (exact) mass is 331 g/mol. The van der Waals surface area contributed by atoms with Crippen LogP contribution in [0, 0.1) is 0 Å². The van der Waals surface area contributed by atoms with E-state index >= 15 is 0 Å². The third kappa shape index (κ3) is 5.35. The van der Waals surface area contributed by atoms with Gasteiger partial charge in [0.1, 0.15) is 5.75 Å².